The van der Waals surface area contributed by atoms with Crippen LogP contribution in [0.5, 0.6) is 11.6 Å². The highest BCUT2D eigenvalue weighted by Gasteiger charge is 2.16. The van der Waals surface area contributed by atoms with Crippen molar-refractivity contribution in [3.8, 4) is 11.6 Å². The number of aromatic nitrogens is 1. The molecule has 0 aliphatic heterocycles. The number of ketones is 1. The number of nitrogens with one attached hydrogen (secondary N) is 1. The number of hydrogen-bond donors (Lipinski definition) is 1. The summed E-state index contributed by atoms with van der Waals surface area (Å²) in [6.07, 6.45) is 3.18. The van der Waals surface area contributed by atoms with Crippen LogP contribution < -0.4 is 9.46 Å². The molecule has 1 N–H and O–H groups in total. The molecule has 1 unspecified atom stereocenters. The van der Waals surface area contributed by atoms with Gasteiger partial charge in [-0.3, -0.25) is 4.79 Å². The minimum atomic E-state index is -1.08. The molecular formula is C23H26N2O3S. The highest BCUT2D eigenvalue weighted by Crippen LogP contribution is 2.25. The monoisotopic (exact) mass is 410 g/mol. The molecule has 0 saturated carbocycles. The van der Waals surface area contributed by atoms with Crippen molar-refractivity contribution < 1.29 is 13.7 Å². The van der Waals surface area contributed by atoms with E-state index in [1.54, 1.807) is 36.7 Å². The van der Waals surface area contributed by atoms with Crippen LogP contribution in [0, 0.1) is 6.92 Å². The Morgan fingerprint density at radius 3 is 2.31 bits per heavy atom. The maximum Gasteiger partial charge on any atom is 0.230 e. The molecule has 1 atom stereocenters. The van der Waals surface area contributed by atoms with Gasteiger partial charge in [0, 0.05) is 24.6 Å². The molecule has 0 aliphatic carbocycles. The van der Waals surface area contributed by atoms with Crippen LogP contribution >= 0.6 is 0 Å². The topological polar surface area (TPSA) is 68.3 Å². The summed E-state index contributed by atoms with van der Waals surface area (Å²) in [4.78, 5) is 17.1. The molecule has 0 spiro atoms. The molecule has 1 aromatic heterocycles. The fourth-order valence-corrected chi connectivity index (χ4v) is 2.85. The average molecular weight is 411 g/mol. The SMILES string of the molecule is CC.Cc1ccc(Oc2ncccc2C(=O)c2ccc(CNS(C)=O)cc2)cc1. The Kier molecular flexibility index (Phi) is 8.70. The molecule has 2 aromatic carbocycles. The maximum absolute atomic E-state index is 12.9. The second-order valence-electron chi connectivity index (χ2n) is 6.07. The largest absolute Gasteiger partial charge is 0.438 e. The first-order valence-electron chi connectivity index (χ1n) is 9.43. The number of aryl methyl sites for hydroxylation is 1. The van der Waals surface area contributed by atoms with E-state index in [9.17, 15) is 9.00 Å². The van der Waals surface area contributed by atoms with Crippen LogP contribution in [-0.4, -0.2) is 21.2 Å². The Labute approximate surface area is 174 Å². The Hall–Kier alpha value is -2.83. The quantitative estimate of drug-likeness (QED) is 0.567. The zero-order valence-corrected chi connectivity index (χ0v) is 18.0. The zero-order valence-electron chi connectivity index (χ0n) is 17.1. The van der Waals surface area contributed by atoms with Gasteiger partial charge in [0.1, 0.15) is 5.75 Å². The van der Waals surface area contributed by atoms with Gasteiger partial charge in [0.2, 0.25) is 5.88 Å². The van der Waals surface area contributed by atoms with E-state index in [4.69, 9.17) is 4.74 Å². The van der Waals surface area contributed by atoms with Crippen molar-refractivity contribution >= 4 is 16.8 Å². The third-order valence-corrected chi connectivity index (χ3v) is 4.50. The third-order valence-electron chi connectivity index (χ3n) is 3.95. The van der Waals surface area contributed by atoms with Crippen LogP contribution in [-0.2, 0) is 17.5 Å². The summed E-state index contributed by atoms with van der Waals surface area (Å²) in [6.45, 7) is 6.48. The Morgan fingerprint density at radius 1 is 1.03 bits per heavy atom. The van der Waals surface area contributed by atoms with Gasteiger partial charge < -0.3 is 4.74 Å². The summed E-state index contributed by atoms with van der Waals surface area (Å²) in [5.41, 5.74) is 3.02. The van der Waals surface area contributed by atoms with Crippen LogP contribution in [0.15, 0.2) is 66.9 Å². The second kappa shape index (κ2) is 11.2. The predicted octanol–water partition coefficient (Wildman–Crippen LogP) is 4.82. The molecule has 0 aliphatic rings. The van der Waals surface area contributed by atoms with Crippen LogP contribution in [0.3, 0.4) is 0 Å². The molecule has 29 heavy (non-hydrogen) atoms. The zero-order chi connectivity index (χ0) is 21.2. The lowest BCUT2D eigenvalue weighted by atomic mass is 10.0. The summed E-state index contributed by atoms with van der Waals surface area (Å²) in [6, 6.07) is 18.2. The molecule has 0 fully saturated rings. The van der Waals surface area contributed by atoms with Crippen molar-refractivity contribution in [2.45, 2.75) is 27.3 Å². The molecule has 6 heteroatoms. The smallest absolute Gasteiger partial charge is 0.230 e. The average Bonchev–Trinajstić information content (AvgIpc) is 2.75. The molecule has 0 amide bonds. The van der Waals surface area contributed by atoms with Gasteiger partial charge in [-0.25, -0.2) is 13.9 Å². The number of carbonyl (C=O) groups is 1. The highest BCUT2D eigenvalue weighted by molar-refractivity contribution is 7.82. The fourth-order valence-electron chi connectivity index (χ4n) is 2.48. The van der Waals surface area contributed by atoms with Crippen molar-refractivity contribution in [1.82, 2.24) is 9.71 Å². The van der Waals surface area contributed by atoms with Gasteiger partial charge in [0.25, 0.3) is 0 Å². The molecule has 0 radical (unpaired) electrons. The lowest BCUT2D eigenvalue weighted by Gasteiger charge is -2.10. The fraction of sp³-hybridized carbons (Fsp3) is 0.217. The van der Waals surface area contributed by atoms with E-state index in [-0.39, 0.29) is 11.7 Å². The van der Waals surface area contributed by atoms with Gasteiger partial charge >= 0.3 is 0 Å². The number of pyridine rings is 1. The van der Waals surface area contributed by atoms with E-state index in [0.29, 0.717) is 23.4 Å². The molecule has 1 heterocycles. The third kappa shape index (κ3) is 6.62. The Bertz CT molecular complexity index is 955. The summed E-state index contributed by atoms with van der Waals surface area (Å²) in [5.74, 6) is 0.740. The number of carbonyl (C=O) groups excluding carboxylic acids is 1. The Morgan fingerprint density at radius 2 is 1.69 bits per heavy atom. The highest BCUT2D eigenvalue weighted by atomic mass is 32.2. The van der Waals surface area contributed by atoms with E-state index in [1.165, 1.54) is 0 Å². The maximum atomic E-state index is 12.9. The van der Waals surface area contributed by atoms with E-state index in [1.807, 2.05) is 57.2 Å². The summed E-state index contributed by atoms with van der Waals surface area (Å²) < 4.78 is 19.8. The van der Waals surface area contributed by atoms with E-state index in [2.05, 4.69) is 9.71 Å². The molecular weight excluding hydrogens is 384 g/mol. The molecule has 0 bridgehead atoms. The normalized spacial score (nSPS) is 11.2. The van der Waals surface area contributed by atoms with Gasteiger partial charge in [-0.15, -0.1) is 0 Å². The van der Waals surface area contributed by atoms with Gasteiger partial charge in [0.05, 0.1) is 16.5 Å². The van der Waals surface area contributed by atoms with Gasteiger partial charge in [0.15, 0.2) is 5.78 Å². The molecule has 3 aromatic rings. The second-order valence-corrected chi connectivity index (χ2v) is 7.27. The molecule has 0 saturated heterocycles. The van der Waals surface area contributed by atoms with Crippen molar-refractivity contribution in [2.75, 3.05) is 6.26 Å². The van der Waals surface area contributed by atoms with Crippen LogP contribution in [0.25, 0.3) is 0 Å². The van der Waals surface area contributed by atoms with Gasteiger partial charge in [-0.05, 0) is 36.8 Å². The summed E-state index contributed by atoms with van der Waals surface area (Å²) in [7, 11) is -1.08. The van der Waals surface area contributed by atoms with Crippen LogP contribution in [0.1, 0.15) is 40.9 Å². The lowest BCUT2D eigenvalue weighted by Crippen LogP contribution is -2.14. The standard InChI is InChI=1S/C21H20N2O3S.C2H6/c1-15-5-11-18(12-6-15)26-21-19(4-3-13-22-21)20(24)17-9-7-16(8-10-17)14-23-27(2)25;1-2/h3-13,23H,14H2,1-2H3;1-2H3. The number of rotatable bonds is 7. The first kappa shape index (κ1) is 22.5. The van der Waals surface area contributed by atoms with Crippen molar-refractivity contribution in [2.24, 2.45) is 0 Å². The number of ether oxygens (including phenoxy) is 1. The first-order chi connectivity index (χ1) is 14.0. The van der Waals surface area contributed by atoms with E-state index in [0.717, 1.165) is 11.1 Å². The number of nitrogens with zero attached hydrogens (tertiary/aromatic N) is 1. The molecule has 3 rings (SSSR count). The Balaban J connectivity index is 0.00000145. The predicted molar refractivity (Wildman–Crippen MR) is 118 cm³/mol. The minimum Gasteiger partial charge on any atom is -0.438 e. The van der Waals surface area contributed by atoms with Crippen molar-refractivity contribution in [3.63, 3.8) is 0 Å². The first-order valence-corrected chi connectivity index (χ1v) is 11.0. The summed E-state index contributed by atoms with van der Waals surface area (Å²) in [5, 5.41) is 0. The van der Waals surface area contributed by atoms with E-state index >= 15 is 0 Å². The lowest BCUT2D eigenvalue weighted by molar-refractivity contribution is 0.103. The number of benzene rings is 2. The van der Waals surface area contributed by atoms with Crippen molar-refractivity contribution in [1.29, 1.82) is 0 Å². The van der Waals surface area contributed by atoms with Crippen molar-refractivity contribution in [3.05, 3.63) is 89.1 Å². The summed E-state index contributed by atoms with van der Waals surface area (Å²) >= 11 is 0. The van der Waals surface area contributed by atoms with Crippen LogP contribution in [0.4, 0.5) is 0 Å². The minimum absolute atomic E-state index is 0.163. The van der Waals surface area contributed by atoms with E-state index < -0.39 is 11.0 Å². The molecule has 152 valence electrons. The number of hydrogen-bond acceptors (Lipinski definition) is 4. The van der Waals surface area contributed by atoms with Gasteiger partial charge in [-0.1, -0.05) is 55.8 Å². The van der Waals surface area contributed by atoms with Crippen LogP contribution in [0.2, 0.25) is 0 Å². The molecule has 5 nitrogen and oxygen atoms in total. The van der Waals surface area contributed by atoms with Gasteiger partial charge in [-0.2, -0.15) is 0 Å².